The number of aromatic nitrogens is 1. The standard InChI is InChI=1S/C20H25FN4O3S2/c1-25(2)8-10-29-16-5-3-14(4-6-16)11-17(24-28-15-7-9-27-13-15)19(26)23-20-22-12-18(21)30-20/h3-6,12,15H,7-11,13H2,1-2H3,(H,22,23,26)/b24-17+/t15-/m1/s1. The number of rotatable bonds is 10. The van der Waals surface area contributed by atoms with Crippen LogP contribution in [-0.4, -0.2) is 67.2 Å². The van der Waals surface area contributed by atoms with E-state index >= 15 is 0 Å². The molecule has 1 fully saturated rings. The van der Waals surface area contributed by atoms with Gasteiger partial charge in [-0.2, -0.15) is 4.39 Å². The van der Waals surface area contributed by atoms with Crippen LogP contribution in [0.3, 0.4) is 0 Å². The number of amides is 1. The molecule has 1 aliphatic rings. The molecule has 0 bridgehead atoms. The highest BCUT2D eigenvalue weighted by Crippen LogP contribution is 2.20. The molecule has 0 aliphatic carbocycles. The highest BCUT2D eigenvalue weighted by Gasteiger charge is 2.20. The summed E-state index contributed by atoms with van der Waals surface area (Å²) in [5, 5.41) is 6.39. The lowest BCUT2D eigenvalue weighted by atomic mass is 10.1. The number of anilines is 1. The predicted molar refractivity (Wildman–Crippen MR) is 118 cm³/mol. The number of thioether (sulfide) groups is 1. The van der Waals surface area contributed by atoms with Crippen LogP contribution >= 0.6 is 23.1 Å². The Labute approximate surface area is 183 Å². The lowest BCUT2D eigenvalue weighted by Crippen LogP contribution is -2.26. The first-order valence-electron chi connectivity index (χ1n) is 9.59. The van der Waals surface area contributed by atoms with Crippen LogP contribution in [0.1, 0.15) is 12.0 Å². The third kappa shape index (κ3) is 7.35. The van der Waals surface area contributed by atoms with Gasteiger partial charge in [0.15, 0.2) is 16.4 Å². The summed E-state index contributed by atoms with van der Waals surface area (Å²) in [5.41, 5.74) is 1.13. The fourth-order valence-electron chi connectivity index (χ4n) is 2.61. The normalized spacial score (nSPS) is 16.8. The number of hydrogen-bond acceptors (Lipinski definition) is 8. The van der Waals surface area contributed by atoms with E-state index in [0.29, 0.717) is 13.2 Å². The number of benzene rings is 1. The van der Waals surface area contributed by atoms with Crippen molar-refractivity contribution in [2.45, 2.75) is 23.8 Å². The van der Waals surface area contributed by atoms with E-state index in [9.17, 15) is 9.18 Å². The third-order valence-electron chi connectivity index (χ3n) is 4.26. The summed E-state index contributed by atoms with van der Waals surface area (Å²) in [6, 6.07) is 8.02. The maximum atomic E-state index is 13.2. The van der Waals surface area contributed by atoms with Gasteiger partial charge in [-0.1, -0.05) is 28.6 Å². The summed E-state index contributed by atoms with van der Waals surface area (Å²) in [6.45, 7) is 2.07. The maximum absolute atomic E-state index is 13.2. The van der Waals surface area contributed by atoms with Crippen molar-refractivity contribution in [3.8, 4) is 0 Å². The van der Waals surface area contributed by atoms with Crippen molar-refractivity contribution in [1.29, 1.82) is 0 Å². The zero-order chi connectivity index (χ0) is 21.3. The van der Waals surface area contributed by atoms with E-state index < -0.39 is 11.0 Å². The molecule has 0 spiro atoms. The number of hydrogen-bond donors (Lipinski definition) is 1. The highest BCUT2D eigenvalue weighted by atomic mass is 32.2. The van der Waals surface area contributed by atoms with E-state index in [-0.39, 0.29) is 23.4 Å². The molecule has 2 aromatic rings. The molecule has 1 aromatic heterocycles. The summed E-state index contributed by atoms with van der Waals surface area (Å²) in [5.74, 6) is 0.538. The molecule has 1 atom stereocenters. The SMILES string of the molecule is CN(C)CCSc1ccc(C/C(=N\O[C@@H]2CCOC2)C(=O)Nc2ncc(F)s2)cc1. The lowest BCUT2D eigenvalue weighted by molar-refractivity contribution is -0.110. The van der Waals surface area contributed by atoms with Gasteiger partial charge in [-0.05, 0) is 31.8 Å². The molecule has 1 amide bonds. The molecule has 162 valence electrons. The number of halogens is 1. The molecule has 1 aliphatic heterocycles. The Balaban J connectivity index is 1.64. The Morgan fingerprint density at radius 2 is 2.23 bits per heavy atom. The average Bonchev–Trinajstić information content (AvgIpc) is 3.37. The number of carbonyl (C=O) groups is 1. The van der Waals surface area contributed by atoms with E-state index in [1.807, 2.05) is 24.3 Å². The lowest BCUT2D eigenvalue weighted by Gasteiger charge is -2.11. The smallest absolute Gasteiger partial charge is 0.275 e. The summed E-state index contributed by atoms with van der Waals surface area (Å²) in [6.07, 6.45) is 1.92. The summed E-state index contributed by atoms with van der Waals surface area (Å²) >= 11 is 2.54. The van der Waals surface area contributed by atoms with Gasteiger partial charge in [0.25, 0.3) is 5.91 Å². The first kappa shape index (κ1) is 22.7. The Bertz CT molecular complexity index is 852. The fourth-order valence-corrected chi connectivity index (χ4v) is 4.17. The molecule has 30 heavy (non-hydrogen) atoms. The number of carbonyl (C=O) groups excluding carboxylic acids is 1. The zero-order valence-electron chi connectivity index (χ0n) is 17.0. The molecule has 3 rings (SSSR count). The summed E-state index contributed by atoms with van der Waals surface area (Å²) in [7, 11) is 4.10. The molecule has 1 N–H and O–H groups in total. The van der Waals surface area contributed by atoms with Gasteiger partial charge in [0.2, 0.25) is 0 Å². The summed E-state index contributed by atoms with van der Waals surface area (Å²) < 4.78 is 18.5. The first-order chi connectivity index (χ1) is 14.5. The van der Waals surface area contributed by atoms with Gasteiger partial charge in [0, 0.05) is 30.0 Å². The van der Waals surface area contributed by atoms with Crippen LogP contribution in [0.15, 0.2) is 40.5 Å². The van der Waals surface area contributed by atoms with Gasteiger partial charge in [-0.25, -0.2) is 4.98 Å². The van der Waals surface area contributed by atoms with Crippen molar-refractivity contribution in [2.75, 3.05) is 44.9 Å². The predicted octanol–water partition coefficient (Wildman–Crippen LogP) is 3.28. The van der Waals surface area contributed by atoms with Crippen LogP contribution < -0.4 is 5.32 Å². The van der Waals surface area contributed by atoms with Crippen molar-refractivity contribution in [3.05, 3.63) is 41.2 Å². The van der Waals surface area contributed by atoms with Crippen molar-refractivity contribution < 1.29 is 18.8 Å². The van der Waals surface area contributed by atoms with E-state index in [0.717, 1.165) is 41.8 Å². The quantitative estimate of drug-likeness (QED) is 0.339. The van der Waals surface area contributed by atoms with Crippen LogP contribution in [0, 0.1) is 5.13 Å². The second-order valence-electron chi connectivity index (χ2n) is 7.03. The van der Waals surface area contributed by atoms with E-state index in [1.165, 1.54) is 4.90 Å². The molecule has 7 nitrogen and oxygen atoms in total. The Morgan fingerprint density at radius 1 is 1.43 bits per heavy atom. The number of oxime groups is 1. The molecule has 1 aromatic carbocycles. The van der Waals surface area contributed by atoms with E-state index in [4.69, 9.17) is 9.57 Å². The van der Waals surface area contributed by atoms with Crippen molar-refractivity contribution in [3.63, 3.8) is 0 Å². The minimum Gasteiger partial charge on any atom is -0.390 e. The maximum Gasteiger partial charge on any atom is 0.275 e. The molecule has 1 saturated heterocycles. The Kier molecular flexibility index (Phi) is 8.61. The molecule has 0 unspecified atom stereocenters. The monoisotopic (exact) mass is 452 g/mol. The van der Waals surface area contributed by atoms with Crippen LogP contribution in [0.5, 0.6) is 0 Å². The van der Waals surface area contributed by atoms with Gasteiger partial charge in [0.1, 0.15) is 5.71 Å². The van der Waals surface area contributed by atoms with Gasteiger partial charge in [-0.15, -0.1) is 11.8 Å². The van der Waals surface area contributed by atoms with Gasteiger partial charge in [0.05, 0.1) is 19.4 Å². The number of ether oxygens (including phenoxy) is 1. The van der Waals surface area contributed by atoms with Gasteiger partial charge >= 0.3 is 0 Å². The molecule has 2 heterocycles. The number of nitrogens with one attached hydrogen (secondary N) is 1. The third-order valence-corrected chi connectivity index (χ3v) is 5.96. The van der Waals surface area contributed by atoms with Gasteiger partial charge < -0.3 is 14.5 Å². The fraction of sp³-hybridized carbons (Fsp3) is 0.450. The molecular weight excluding hydrogens is 427 g/mol. The Hall–Kier alpha value is -2.01. The minimum absolute atomic E-state index is 0.166. The Morgan fingerprint density at radius 3 is 2.87 bits per heavy atom. The first-order valence-corrected chi connectivity index (χ1v) is 11.4. The topological polar surface area (TPSA) is 76.1 Å². The molecule has 0 radical (unpaired) electrons. The van der Waals surface area contributed by atoms with Crippen LogP contribution in [-0.2, 0) is 20.8 Å². The second-order valence-corrected chi connectivity index (χ2v) is 9.17. The summed E-state index contributed by atoms with van der Waals surface area (Å²) in [4.78, 5) is 25.3. The van der Waals surface area contributed by atoms with E-state index in [2.05, 4.69) is 34.5 Å². The van der Waals surface area contributed by atoms with Gasteiger partial charge in [-0.3, -0.25) is 10.1 Å². The number of thiazole rings is 1. The zero-order valence-corrected chi connectivity index (χ0v) is 18.6. The average molecular weight is 453 g/mol. The van der Waals surface area contributed by atoms with Crippen molar-refractivity contribution >= 4 is 39.8 Å². The number of nitrogens with zero attached hydrogens (tertiary/aromatic N) is 3. The molecular formula is C20H25FN4O3S2. The van der Waals surface area contributed by atoms with Crippen molar-refractivity contribution in [2.24, 2.45) is 5.16 Å². The molecule has 0 saturated carbocycles. The molecule has 10 heteroatoms. The highest BCUT2D eigenvalue weighted by molar-refractivity contribution is 7.99. The van der Waals surface area contributed by atoms with Crippen molar-refractivity contribution in [1.82, 2.24) is 9.88 Å². The van der Waals surface area contributed by atoms with Crippen LogP contribution in [0.2, 0.25) is 0 Å². The van der Waals surface area contributed by atoms with Crippen LogP contribution in [0.25, 0.3) is 0 Å². The van der Waals surface area contributed by atoms with Crippen LogP contribution in [0.4, 0.5) is 9.52 Å². The second kappa shape index (κ2) is 11.4. The minimum atomic E-state index is -0.467. The largest absolute Gasteiger partial charge is 0.390 e. The van der Waals surface area contributed by atoms with E-state index in [1.54, 1.807) is 11.8 Å².